The molecule has 3 aromatic rings. The van der Waals surface area contributed by atoms with Crippen molar-refractivity contribution in [1.82, 2.24) is 24.1 Å². The Hall–Kier alpha value is -2.83. The number of nitriles is 1. The molecule has 3 N–H and O–H groups in total. The van der Waals surface area contributed by atoms with E-state index in [1.165, 1.54) is 6.20 Å². The summed E-state index contributed by atoms with van der Waals surface area (Å²) < 4.78 is 4.10. The molecule has 0 spiro atoms. The Morgan fingerprint density at radius 3 is 3.00 bits per heavy atom. The summed E-state index contributed by atoms with van der Waals surface area (Å²) >= 11 is 1.76. The Morgan fingerprint density at radius 1 is 1.48 bits per heavy atom. The lowest BCUT2D eigenvalue weighted by molar-refractivity contribution is 0.0812. The summed E-state index contributed by atoms with van der Waals surface area (Å²) in [6.45, 7) is 3.63. The molecule has 4 heterocycles. The van der Waals surface area contributed by atoms with E-state index in [0.717, 1.165) is 29.8 Å². The van der Waals surface area contributed by atoms with E-state index < -0.39 is 5.91 Å². The van der Waals surface area contributed by atoms with Crippen LogP contribution < -0.4 is 5.73 Å². The molecule has 9 heteroatoms. The number of aromatic amines is 1. The average Bonchev–Trinajstić information content (AvgIpc) is 3.28. The van der Waals surface area contributed by atoms with Crippen molar-refractivity contribution in [2.75, 3.05) is 18.8 Å². The van der Waals surface area contributed by atoms with Crippen LogP contribution in [0.1, 0.15) is 23.7 Å². The highest BCUT2D eigenvalue weighted by molar-refractivity contribution is 7.97. The number of carbonyl (C=O) groups is 1. The Kier molecular flexibility index (Phi) is 4.37. The minimum atomic E-state index is -0.533. The van der Waals surface area contributed by atoms with Gasteiger partial charge >= 0.3 is 0 Å². The Morgan fingerprint density at radius 2 is 2.30 bits per heavy atom. The van der Waals surface area contributed by atoms with E-state index in [2.05, 4.69) is 32.4 Å². The van der Waals surface area contributed by atoms with Gasteiger partial charge in [0.05, 0.1) is 24.3 Å². The molecule has 0 atom stereocenters. The van der Waals surface area contributed by atoms with Crippen LogP contribution in [0, 0.1) is 11.3 Å². The van der Waals surface area contributed by atoms with Crippen molar-refractivity contribution in [1.29, 1.82) is 5.26 Å². The van der Waals surface area contributed by atoms with Crippen molar-refractivity contribution in [3.8, 4) is 17.2 Å². The predicted molar refractivity (Wildman–Crippen MR) is 104 cm³/mol. The van der Waals surface area contributed by atoms with Gasteiger partial charge in [-0.05, 0) is 6.07 Å². The number of rotatable bonds is 6. The second kappa shape index (κ2) is 6.72. The number of hydrogen-bond acceptors (Lipinski definition) is 6. The Labute approximate surface area is 160 Å². The van der Waals surface area contributed by atoms with Gasteiger partial charge in [0.15, 0.2) is 0 Å². The lowest BCUT2D eigenvalue weighted by atomic mass is 9.89. The third kappa shape index (κ3) is 2.87. The van der Waals surface area contributed by atoms with E-state index in [0.29, 0.717) is 23.2 Å². The molecule has 27 heavy (non-hydrogen) atoms. The van der Waals surface area contributed by atoms with Crippen LogP contribution in [0.2, 0.25) is 0 Å². The number of amides is 1. The number of nitrogens with two attached hydrogens (primary N) is 1. The zero-order valence-electron chi connectivity index (χ0n) is 14.8. The van der Waals surface area contributed by atoms with Crippen LogP contribution in [0.15, 0.2) is 30.9 Å². The first kappa shape index (κ1) is 17.6. The van der Waals surface area contributed by atoms with E-state index in [9.17, 15) is 10.1 Å². The second-order valence-electron chi connectivity index (χ2n) is 6.60. The van der Waals surface area contributed by atoms with E-state index in [-0.39, 0.29) is 5.54 Å². The number of nitrogens with zero attached hydrogens (tertiary/aromatic N) is 5. The first-order chi connectivity index (χ1) is 13.1. The van der Waals surface area contributed by atoms with E-state index in [4.69, 9.17) is 5.73 Å². The molecule has 0 bridgehead atoms. The highest BCUT2D eigenvalue weighted by Gasteiger charge is 2.45. The van der Waals surface area contributed by atoms with Gasteiger partial charge in [-0.1, -0.05) is 18.9 Å². The van der Waals surface area contributed by atoms with Gasteiger partial charge in [-0.15, -0.1) is 0 Å². The molecule has 0 aliphatic carbocycles. The van der Waals surface area contributed by atoms with Crippen LogP contribution in [0.25, 0.3) is 22.2 Å². The van der Waals surface area contributed by atoms with E-state index >= 15 is 0 Å². The molecule has 0 radical (unpaired) electrons. The molecule has 8 nitrogen and oxygen atoms in total. The third-order valence-corrected chi connectivity index (χ3v) is 5.75. The highest BCUT2D eigenvalue weighted by atomic mass is 32.2. The molecule has 1 aliphatic heterocycles. The van der Waals surface area contributed by atoms with Gasteiger partial charge in [-0.2, -0.15) is 10.4 Å². The molecular weight excluding hydrogens is 362 g/mol. The maximum Gasteiger partial charge on any atom is 0.250 e. The van der Waals surface area contributed by atoms with Crippen LogP contribution in [0.5, 0.6) is 0 Å². The monoisotopic (exact) mass is 381 g/mol. The number of aromatic nitrogens is 4. The molecule has 1 aliphatic rings. The molecule has 0 aromatic carbocycles. The van der Waals surface area contributed by atoms with Gasteiger partial charge in [-0.3, -0.25) is 9.48 Å². The lowest BCUT2D eigenvalue weighted by Crippen LogP contribution is -2.60. The molecule has 138 valence electrons. The van der Waals surface area contributed by atoms with Crippen LogP contribution in [0.4, 0.5) is 0 Å². The van der Waals surface area contributed by atoms with Crippen LogP contribution >= 0.6 is 11.9 Å². The minimum Gasteiger partial charge on any atom is -0.366 e. The summed E-state index contributed by atoms with van der Waals surface area (Å²) in [7, 11) is 0. The van der Waals surface area contributed by atoms with Crippen molar-refractivity contribution in [3.63, 3.8) is 0 Å². The maximum absolute atomic E-state index is 11.9. The number of H-pyrrole nitrogens is 1. The minimum absolute atomic E-state index is 0.341. The van der Waals surface area contributed by atoms with Crippen molar-refractivity contribution >= 4 is 28.9 Å². The fourth-order valence-electron chi connectivity index (χ4n) is 3.59. The fourth-order valence-corrected chi connectivity index (χ4v) is 4.61. The summed E-state index contributed by atoms with van der Waals surface area (Å²) in [5, 5.41) is 14.7. The molecule has 0 saturated carbocycles. The number of pyridine rings is 1. The average molecular weight is 381 g/mol. The smallest absolute Gasteiger partial charge is 0.250 e. The molecule has 1 fully saturated rings. The van der Waals surface area contributed by atoms with Crippen molar-refractivity contribution in [3.05, 3.63) is 36.4 Å². The normalized spacial score (nSPS) is 16.1. The molecular formula is C18H19N7OS. The number of primary amides is 1. The molecule has 1 saturated heterocycles. The number of fused-ring (bicyclic) bond motifs is 1. The number of nitrogens with one attached hydrogen (secondary N) is 1. The van der Waals surface area contributed by atoms with E-state index in [1.807, 2.05) is 16.9 Å². The van der Waals surface area contributed by atoms with Crippen LogP contribution in [-0.2, 0) is 5.54 Å². The van der Waals surface area contributed by atoms with Gasteiger partial charge in [0.25, 0.3) is 5.91 Å². The Balaban J connectivity index is 1.76. The zero-order valence-corrected chi connectivity index (χ0v) is 15.7. The maximum atomic E-state index is 11.9. The predicted octanol–water partition coefficient (Wildman–Crippen LogP) is 2.12. The third-order valence-electron chi connectivity index (χ3n) is 4.87. The van der Waals surface area contributed by atoms with Gasteiger partial charge in [-0.25, -0.2) is 9.29 Å². The largest absolute Gasteiger partial charge is 0.366 e. The van der Waals surface area contributed by atoms with Gasteiger partial charge in [0.1, 0.15) is 11.2 Å². The lowest BCUT2D eigenvalue weighted by Gasteiger charge is -2.48. The van der Waals surface area contributed by atoms with Crippen LogP contribution in [0.3, 0.4) is 0 Å². The first-order valence-corrected chi connectivity index (χ1v) is 9.58. The molecule has 3 aromatic heterocycles. The van der Waals surface area contributed by atoms with Gasteiger partial charge < -0.3 is 10.7 Å². The topological polar surface area (TPSA) is 117 Å². The molecule has 4 rings (SSSR count). The van der Waals surface area contributed by atoms with Gasteiger partial charge in [0.2, 0.25) is 0 Å². The van der Waals surface area contributed by atoms with Crippen molar-refractivity contribution in [2.24, 2.45) is 5.73 Å². The second-order valence-corrected chi connectivity index (χ2v) is 7.95. The molecule has 1 amide bonds. The fraction of sp³-hybridized carbons (Fsp3) is 0.333. The Bertz CT molecular complexity index is 1040. The molecule has 0 unspecified atom stereocenters. The summed E-state index contributed by atoms with van der Waals surface area (Å²) in [5.74, 6) is 0.464. The standard InChI is InChI=1S/C18H19N7OS/c1-2-27-24-10-18(11-24,4-5-19)25-9-12(7-23-25)15-13-3-6-21-17(13)22-8-14(15)16(20)26/h3,6-9H,2,4,10-11H2,1H3,(H2,20,26)(H,21,22). The quantitative estimate of drug-likeness (QED) is 0.632. The number of carbonyl (C=O) groups excluding carboxylic acids is 1. The van der Waals surface area contributed by atoms with Gasteiger partial charge in [0, 0.05) is 53.9 Å². The SMILES string of the molecule is CCSN1CC(CC#N)(n2cc(-c3c(C(N)=O)cnc4[nH]ccc34)cn2)C1. The number of hydrogen-bond donors (Lipinski definition) is 2. The first-order valence-electron chi connectivity index (χ1n) is 8.64. The summed E-state index contributed by atoms with van der Waals surface area (Å²) in [6.07, 6.45) is 7.27. The highest BCUT2D eigenvalue weighted by Crippen LogP contribution is 2.38. The summed E-state index contributed by atoms with van der Waals surface area (Å²) in [4.78, 5) is 19.2. The van der Waals surface area contributed by atoms with Crippen molar-refractivity contribution in [2.45, 2.75) is 18.9 Å². The van der Waals surface area contributed by atoms with E-state index in [1.54, 1.807) is 24.3 Å². The van der Waals surface area contributed by atoms with Crippen molar-refractivity contribution < 1.29 is 4.79 Å². The van der Waals surface area contributed by atoms with Crippen LogP contribution in [-0.4, -0.2) is 48.8 Å². The summed E-state index contributed by atoms with van der Waals surface area (Å²) in [6, 6.07) is 4.16. The summed E-state index contributed by atoms with van der Waals surface area (Å²) in [5.41, 5.74) is 7.77. The zero-order chi connectivity index (χ0) is 19.0.